The molecule has 2 aliphatic heterocycles. The SMILES string of the molecule is CCCN(C(=O)O)C1=N[C@@H]2[C@@H](OCc3ccc(OC)cc3)[C@H](OCc3ccc(OC)cc3)[C@@H](C(C)=O)O[C@@H]2S1. The Balaban J connectivity index is 1.62. The van der Waals surface area contributed by atoms with Gasteiger partial charge in [-0.15, -0.1) is 0 Å². The van der Waals surface area contributed by atoms with Crippen LogP contribution in [-0.2, 0) is 32.2 Å². The molecule has 1 N–H and O–H groups in total. The number of ether oxygens (including phenoxy) is 5. The first-order valence-electron chi connectivity index (χ1n) is 12.7. The van der Waals surface area contributed by atoms with Gasteiger partial charge < -0.3 is 28.8 Å². The van der Waals surface area contributed by atoms with Crippen LogP contribution in [0.25, 0.3) is 0 Å². The van der Waals surface area contributed by atoms with Gasteiger partial charge in [-0.1, -0.05) is 43.0 Å². The highest BCUT2D eigenvalue weighted by atomic mass is 32.2. The second-order valence-electron chi connectivity index (χ2n) is 9.24. The molecule has 0 saturated carbocycles. The third kappa shape index (κ3) is 6.91. The van der Waals surface area contributed by atoms with Crippen LogP contribution < -0.4 is 9.47 Å². The van der Waals surface area contributed by atoms with Crippen molar-refractivity contribution in [2.75, 3.05) is 20.8 Å². The fourth-order valence-corrected chi connectivity index (χ4v) is 5.70. The second kappa shape index (κ2) is 13.3. The van der Waals surface area contributed by atoms with Crippen molar-refractivity contribution in [1.82, 2.24) is 4.90 Å². The maximum Gasteiger partial charge on any atom is 0.413 e. The van der Waals surface area contributed by atoms with E-state index in [-0.39, 0.29) is 19.0 Å². The zero-order valence-corrected chi connectivity index (χ0v) is 23.3. The number of carbonyl (C=O) groups excluding carboxylic acids is 1. The highest BCUT2D eigenvalue weighted by Crippen LogP contribution is 2.40. The molecule has 0 spiro atoms. The monoisotopic (exact) mass is 558 g/mol. The van der Waals surface area contributed by atoms with Crippen molar-refractivity contribution in [1.29, 1.82) is 0 Å². The molecule has 1 saturated heterocycles. The van der Waals surface area contributed by atoms with Crippen molar-refractivity contribution in [2.24, 2.45) is 4.99 Å². The summed E-state index contributed by atoms with van der Waals surface area (Å²) in [4.78, 5) is 30.6. The molecule has 0 bridgehead atoms. The minimum atomic E-state index is -1.09. The van der Waals surface area contributed by atoms with Gasteiger partial charge >= 0.3 is 6.09 Å². The number of benzene rings is 2. The Morgan fingerprint density at radius 1 is 0.949 bits per heavy atom. The molecule has 11 heteroatoms. The van der Waals surface area contributed by atoms with Crippen LogP contribution in [0.5, 0.6) is 11.5 Å². The first-order valence-corrected chi connectivity index (χ1v) is 13.6. The van der Waals surface area contributed by atoms with E-state index >= 15 is 0 Å². The zero-order valence-electron chi connectivity index (χ0n) is 22.4. The normalized spacial score (nSPS) is 24.0. The molecule has 0 unspecified atom stereocenters. The summed E-state index contributed by atoms with van der Waals surface area (Å²) < 4.78 is 29.4. The van der Waals surface area contributed by atoms with Crippen molar-refractivity contribution >= 4 is 28.8 Å². The van der Waals surface area contributed by atoms with Gasteiger partial charge in [0.1, 0.15) is 41.3 Å². The molecule has 39 heavy (non-hydrogen) atoms. The maximum atomic E-state index is 12.8. The summed E-state index contributed by atoms with van der Waals surface area (Å²) in [5.74, 6) is 1.25. The number of thioether (sulfide) groups is 1. The number of carboxylic acid groups (broad SMARTS) is 1. The summed E-state index contributed by atoms with van der Waals surface area (Å²) in [5.41, 5.74) is 1.20. The second-order valence-corrected chi connectivity index (χ2v) is 10.3. The Kier molecular flexibility index (Phi) is 9.84. The predicted octanol–water partition coefficient (Wildman–Crippen LogP) is 4.35. The van der Waals surface area contributed by atoms with Gasteiger partial charge in [0.2, 0.25) is 0 Å². The van der Waals surface area contributed by atoms with Crippen molar-refractivity contribution in [2.45, 2.75) is 63.3 Å². The molecule has 4 rings (SSSR count). The zero-order chi connectivity index (χ0) is 27.9. The third-order valence-corrected chi connectivity index (χ3v) is 7.67. The van der Waals surface area contributed by atoms with Gasteiger partial charge in [-0.3, -0.25) is 14.7 Å². The molecule has 2 heterocycles. The lowest BCUT2D eigenvalue weighted by Gasteiger charge is -2.41. The number of carbonyl (C=O) groups is 2. The van der Waals surface area contributed by atoms with Crippen molar-refractivity contribution < 1.29 is 38.4 Å². The lowest BCUT2D eigenvalue weighted by molar-refractivity contribution is -0.198. The van der Waals surface area contributed by atoms with Crippen LogP contribution >= 0.6 is 11.8 Å². The van der Waals surface area contributed by atoms with Crippen molar-refractivity contribution in [3.63, 3.8) is 0 Å². The van der Waals surface area contributed by atoms with Crippen LogP contribution in [0.2, 0.25) is 0 Å². The van der Waals surface area contributed by atoms with Crippen molar-refractivity contribution in [3.05, 3.63) is 59.7 Å². The third-order valence-electron chi connectivity index (χ3n) is 6.51. The molecule has 0 aromatic heterocycles. The first-order chi connectivity index (χ1) is 18.8. The number of methoxy groups -OCH3 is 2. The number of rotatable bonds is 11. The molecular weight excluding hydrogens is 524 g/mol. The van der Waals surface area contributed by atoms with E-state index in [9.17, 15) is 14.7 Å². The van der Waals surface area contributed by atoms with E-state index in [4.69, 9.17) is 28.7 Å². The van der Waals surface area contributed by atoms with Crippen LogP contribution in [-0.4, -0.2) is 77.6 Å². The summed E-state index contributed by atoms with van der Waals surface area (Å²) in [6, 6.07) is 14.4. The Morgan fingerprint density at radius 2 is 1.49 bits per heavy atom. The van der Waals surface area contributed by atoms with E-state index in [2.05, 4.69) is 0 Å². The molecule has 10 nitrogen and oxygen atoms in total. The number of fused-ring (bicyclic) bond motifs is 1. The molecule has 5 atom stereocenters. The lowest BCUT2D eigenvalue weighted by atomic mass is 9.95. The quantitative estimate of drug-likeness (QED) is 0.430. The molecule has 2 aromatic rings. The smallest absolute Gasteiger partial charge is 0.413 e. The van der Waals surface area contributed by atoms with Gasteiger partial charge in [0.05, 0.1) is 27.4 Å². The highest BCUT2D eigenvalue weighted by molar-refractivity contribution is 8.14. The van der Waals surface area contributed by atoms with Gasteiger partial charge in [0, 0.05) is 6.54 Å². The van der Waals surface area contributed by atoms with E-state index in [0.29, 0.717) is 18.1 Å². The van der Waals surface area contributed by atoms with E-state index in [1.807, 2.05) is 55.5 Å². The molecular formula is C28H34N2O8S. The maximum absolute atomic E-state index is 12.8. The number of hydrogen-bond acceptors (Lipinski definition) is 9. The van der Waals surface area contributed by atoms with Gasteiger partial charge in [-0.25, -0.2) is 4.79 Å². The standard InChI is InChI=1S/C28H34N2O8S/c1-5-14-30(28(32)33)27-29-22-24(36-15-18-6-10-20(34-3)11-7-18)25(23(17(2)31)38-26(22)39-27)37-16-19-8-12-21(35-4)13-9-19/h6-13,22-26H,5,14-16H2,1-4H3,(H,32,33)/t22-,23-,24-,25-,26-/m1/s1. The van der Waals surface area contributed by atoms with Gasteiger partial charge in [-0.05, 0) is 48.7 Å². The number of amides is 1. The Morgan fingerprint density at radius 3 is 1.95 bits per heavy atom. The first kappa shape index (κ1) is 28.9. The molecule has 1 amide bonds. The average molecular weight is 559 g/mol. The summed E-state index contributed by atoms with van der Waals surface area (Å²) in [5, 5.41) is 10.1. The Labute approximate surface area is 232 Å². The van der Waals surface area contributed by atoms with Gasteiger partial charge in [-0.2, -0.15) is 0 Å². The van der Waals surface area contributed by atoms with Crippen LogP contribution in [0.1, 0.15) is 31.4 Å². The summed E-state index contributed by atoms with van der Waals surface area (Å²) in [7, 11) is 3.20. The number of ketones is 1. The minimum absolute atomic E-state index is 0.205. The summed E-state index contributed by atoms with van der Waals surface area (Å²) in [6.45, 7) is 4.10. The number of nitrogens with zero attached hydrogens (tertiary/aromatic N) is 2. The van der Waals surface area contributed by atoms with E-state index in [0.717, 1.165) is 22.6 Å². The predicted molar refractivity (Wildman–Crippen MR) is 146 cm³/mol. The van der Waals surface area contributed by atoms with Crippen molar-refractivity contribution in [3.8, 4) is 11.5 Å². The molecule has 0 aliphatic carbocycles. The van der Waals surface area contributed by atoms with E-state index in [1.54, 1.807) is 14.2 Å². The molecule has 2 aromatic carbocycles. The van der Waals surface area contributed by atoms with Crippen LogP contribution in [0.15, 0.2) is 53.5 Å². The highest BCUT2D eigenvalue weighted by Gasteiger charge is 2.53. The fourth-order valence-electron chi connectivity index (χ4n) is 4.48. The topological polar surface area (TPSA) is 116 Å². The van der Waals surface area contributed by atoms with Gasteiger partial charge in [0.15, 0.2) is 11.0 Å². The number of hydrogen-bond donors (Lipinski definition) is 1. The largest absolute Gasteiger partial charge is 0.497 e. The minimum Gasteiger partial charge on any atom is -0.497 e. The summed E-state index contributed by atoms with van der Waals surface area (Å²) in [6.07, 6.45) is -2.80. The van der Waals surface area contributed by atoms with E-state index in [1.165, 1.54) is 23.6 Å². The molecule has 210 valence electrons. The summed E-state index contributed by atoms with van der Waals surface area (Å²) >= 11 is 1.20. The lowest BCUT2D eigenvalue weighted by Crippen LogP contribution is -2.58. The Hall–Kier alpha value is -3.12. The number of amidine groups is 1. The molecule has 0 radical (unpaired) electrons. The fraction of sp³-hybridized carbons (Fsp3) is 0.464. The van der Waals surface area contributed by atoms with Crippen LogP contribution in [0.4, 0.5) is 4.79 Å². The Bertz CT molecular complexity index is 1160. The van der Waals surface area contributed by atoms with Gasteiger partial charge in [0.25, 0.3) is 0 Å². The molecule has 1 fully saturated rings. The number of aliphatic imine (C=N–C) groups is 1. The molecule has 2 aliphatic rings. The average Bonchev–Trinajstić information content (AvgIpc) is 3.37. The van der Waals surface area contributed by atoms with E-state index < -0.39 is 35.9 Å². The van der Waals surface area contributed by atoms with Crippen LogP contribution in [0.3, 0.4) is 0 Å². The number of Topliss-reactive ketones (excluding diaryl/α,β-unsaturated/α-hetero) is 1. The van der Waals surface area contributed by atoms with Crippen LogP contribution in [0, 0.1) is 0 Å².